The van der Waals surface area contributed by atoms with Gasteiger partial charge in [0.15, 0.2) is 0 Å². The van der Waals surface area contributed by atoms with Crippen LogP contribution in [0.25, 0.3) is 67.1 Å². The van der Waals surface area contributed by atoms with Crippen molar-refractivity contribution < 1.29 is 0 Å². The number of benzene rings is 11. The molecule has 0 heterocycles. The Balaban J connectivity index is 0.820. The first-order valence-corrected chi connectivity index (χ1v) is 22.6. The lowest BCUT2D eigenvalue weighted by molar-refractivity contribution is 1.28. The standard InChI is InChI=1S/C64H46N2/c1-4-14-49(15-5-1)52-36-42-59(43-37-52)66(64-46-55-16-10-11-21-61(55)62-22-12-13-23-63(62)64)60-44-38-54(39-45-60)51-32-28-48(29-33-51)25-24-47-26-30-50(31-27-47)53-34-40-58(41-35-53)65(56-17-6-2-7-18-56)57-19-8-3-9-20-57/h1-46H/b25-24+. The van der Waals surface area contributed by atoms with E-state index < -0.39 is 0 Å². The predicted octanol–water partition coefficient (Wildman–Crippen LogP) is 18.1. The van der Waals surface area contributed by atoms with Crippen molar-refractivity contribution in [3.8, 4) is 33.4 Å². The lowest BCUT2D eigenvalue weighted by Crippen LogP contribution is -2.10. The molecule has 0 saturated heterocycles. The van der Waals surface area contributed by atoms with Crippen LogP contribution < -0.4 is 9.80 Å². The Morgan fingerprint density at radius 2 is 0.545 bits per heavy atom. The van der Waals surface area contributed by atoms with Gasteiger partial charge in [-0.2, -0.15) is 0 Å². The van der Waals surface area contributed by atoms with Crippen LogP contribution in [0.1, 0.15) is 11.1 Å². The molecule has 0 amide bonds. The Kier molecular flexibility index (Phi) is 11.0. The summed E-state index contributed by atoms with van der Waals surface area (Å²) in [4.78, 5) is 4.69. The van der Waals surface area contributed by atoms with Crippen LogP contribution >= 0.6 is 0 Å². The van der Waals surface area contributed by atoms with Crippen molar-refractivity contribution in [2.24, 2.45) is 0 Å². The number of hydrogen-bond donors (Lipinski definition) is 0. The van der Waals surface area contributed by atoms with E-state index in [2.05, 4.69) is 289 Å². The topological polar surface area (TPSA) is 6.48 Å². The highest BCUT2D eigenvalue weighted by Gasteiger charge is 2.18. The van der Waals surface area contributed by atoms with Gasteiger partial charge in [0.2, 0.25) is 0 Å². The summed E-state index contributed by atoms with van der Waals surface area (Å²) in [6.07, 6.45) is 4.37. The quantitative estimate of drug-likeness (QED) is 0.0945. The first-order chi connectivity index (χ1) is 32.7. The third-order valence-corrected chi connectivity index (χ3v) is 12.5. The predicted molar refractivity (Wildman–Crippen MR) is 282 cm³/mol. The first-order valence-electron chi connectivity index (χ1n) is 22.6. The summed E-state index contributed by atoms with van der Waals surface area (Å²) in [5.74, 6) is 0. The lowest BCUT2D eigenvalue weighted by atomic mass is 9.98. The summed E-state index contributed by atoms with van der Waals surface area (Å²) in [5.41, 5.74) is 16.2. The highest BCUT2D eigenvalue weighted by Crippen LogP contribution is 2.43. The number of rotatable bonds is 11. The second-order valence-electron chi connectivity index (χ2n) is 16.6. The first kappa shape index (κ1) is 40.1. The van der Waals surface area contributed by atoms with Crippen LogP contribution in [-0.2, 0) is 0 Å². The molecule has 11 rings (SSSR count). The van der Waals surface area contributed by atoms with Crippen LogP contribution in [-0.4, -0.2) is 0 Å². The molecule has 0 spiro atoms. The smallest absolute Gasteiger partial charge is 0.0546 e. The molecule has 0 saturated carbocycles. The van der Waals surface area contributed by atoms with Gasteiger partial charge in [0, 0.05) is 33.8 Å². The van der Waals surface area contributed by atoms with E-state index in [9.17, 15) is 0 Å². The van der Waals surface area contributed by atoms with Gasteiger partial charge in [0.25, 0.3) is 0 Å². The van der Waals surface area contributed by atoms with E-state index in [4.69, 9.17) is 0 Å². The molecule has 0 aromatic heterocycles. The summed E-state index contributed by atoms with van der Waals surface area (Å²) in [7, 11) is 0. The number of nitrogens with zero attached hydrogens (tertiary/aromatic N) is 2. The largest absolute Gasteiger partial charge is 0.311 e. The highest BCUT2D eigenvalue weighted by atomic mass is 15.1. The van der Waals surface area contributed by atoms with Gasteiger partial charge in [-0.3, -0.25) is 0 Å². The maximum Gasteiger partial charge on any atom is 0.0546 e. The van der Waals surface area contributed by atoms with Gasteiger partial charge in [0.1, 0.15) is 0 Å². The van der Waals surface area contributed by atoms with Crippen LogP contribution in [0.5, 0.6) is 0 Å². The van der Waals surface area contributed by atoms with E-state index in [1.54, 1.807) is 0 Å². The average molecular weight is 843 g/mol. The Labute approximate surface area is 387 Å². The molecular weight excluding hydrogens is 797 g/mol. The van der Waals surface area contributed by atoms with Crippen molar-refractivity contribution in [3.63, 3.8) is 0 Å². The number of hydrogen-bond acceptors (Lipinski definition) is 2. The van der Waals surface area contributed by atoms with Gasteiger partial charge in [0.05, 0.1) is 5.69 Å². The van der Waals surface area contributed by atoms with Crippen molar-refractivity contribution in [2.75, 3.05) is 9.80 Å². The third kappa shape index (κ3) is 8.28. The summed E-state index contributed by atoms with van der Waals surface area (Å²) in [5, 5.41) is 4.94. The number of fused-ring (bicyclic) bond motifs is 3. The molecule has 0 N–H and O–H groups in total. The maximum atomic E-state index is 2.40. The fraction of sp³-hybridized carbons (Fsp3) is 0. The monoisotopic (exact) mass is 842 g/mol. The molecule has 0 atom stereocenters. The average Bonchev–Trinajstić information content (AvgIpc) is 3.40. The van der Waals surface area contributed by atoms with Gasteiger partial charge in [-0.25, -0.2) is 0 Å². The Morgan fingerprint density at radius 1 is 0.227 bits per heavy atom. The van der Waals surface area contributed by atoms with Gasteiger partial charge in [-0.15, -0.1) is 0 Å². The van der Waals surface area contributed by atoms with E-state index in [1.165, 1.54) is 54.9 Å². The molecular formula is C64H46N2. The Bertz CT molecular complexity index is 3360. The van der Waals surface area contributed by atoms with Gasteiger partial charge < -0.3 is 9.80 Å². The fourth-order valence-corrected chi connectivity index (χ4v) is 9.05. The molecule has 11 aromatic carbocycles. The van der Waals surface area contributed by atoms with E-state index in [-0.39, 0.29) is 0 Å². The van der Waals surface area contributed by atoms with Crippen molar-refractivity contribution >= 4 is 67.8 Å². The maximum absolute atomic E-state index is 2.40. The number of anilines is 6. The van der Waals surface area contributed by atoms with Crippen LogP contribution in [0, 0.1) is 0 Å². The molecule has 66 heavy (non-hydrogen) atoms. The zero-order chi connectivity index (χ0) is 44.1. The minimum absolute atomic E-state index is 1.10. The van der Waals surface area contributed by atoms with Crippen molar-refractivity contribution in [1.29, 1.82) is 0 Å². The minimum Gasteiger partial charge on any atom is -0.311 e. The van der Waals surface area contributed by atoms with Gasteiger partial charge >= 0.3 is 0 Å². The molecule has 0 aliphatic heterocycles. The van der Waals surface area contributed by atoms with Crippen LogP contribution in [0.2, 0.25) is 0 Å². The lowest BCUT2D eigenvalue weighted by Gasteiger charge is -2.28. The van der Waals surface area contributed by atoms with Gasteiger partial charge in [-0.05, 0) is 127 Å². The second-order valence-corrected chi connectivity index (χ2v) is 16.6. The molecule has 2 nitrogen and oxygen atoms in total. The van der Waals surface area contributed by atoms with Crippen LogP contribution in [0.15, 0.2) is 267 Å². The third-order valence-electron chi connectivity index (χ3n) is 12.5. The molecule has 0 aliphatic rings. The molecule has 312 valence electrons. The normalized spacial score (nSPS) is 11.3. The van der Waals surface area contributed by atoms with Crippen molar-refractivity contribution in [2.45, 2.75) is 0 Å². The number of para-hydroxylation sites is 2. The minimum atomic E-state index is 1.10. The highest BCUT2D eigenvalue weighted by molar-refractivity contribution is 6.14. The van der Waals surface area contributed by atoms with Gasteiger partial charge in [-0.1, -0.05) is 212 Å². The van der Waals surface area contributed by atoms with Crippen LogP contribution in [0.4, 0.5) is 34.1 Å². The Morgan fingerprint density at radius 3 is 1.00 bits per heavy atom. The van der Waals surface area contributed by atoms with E-state index in [0.717, 1.165) is 45.3 Å². The molecule has 0 unspecified atom stereocenters. The van der Waals surface area contributed by atoms with Crippen LogP contribution in [0.3, 0.4) is 0 Å². The van der Waals surface area contributed by atoms with E-state index in [1.807, 2.05) is 0 Å². The summed E-state index contributed by atoms with van der Waals surface area (Å²) >= 11 is 0. The second kappa shape index (κ2) is 18.2. The van der Waals surface area contributed by atoms with Crippen molar-refractivity contribution in [3.05, 3.63) is 278 Å². The molecule has 0 radical (unpaired) electrons. The zero-order valence-electron chi connectivity index (χ0n) is 36.5. The van der Waals surface area contributed by atoms with Crippen molar-refractivity contribution in [1.82, 2.24) is 0 Å². The Hall–Kier alpha value is -8.72. The van der Waals surface area contributed by atoms with E-state index >= 15 is 0 Å². The molecule has 0 bridgehead atoms. The molecule has 0 aliphatic carbocycles. The fourth-order valence-electron chi connectivity index (χ4n) is 9.05. The molecule has 0 fully saturated rings. The zero-order valence-corrected chi connectivity index (χ0v) is 36.5. The molecule has 11 aromatic rings. The summed E-state index contributed by atoms with van der Waals surface area (Å²) in [6, 6.07) is 95.8. The van der Waals surface area contributed by atoms with E-state index in [0.29, 0.717) is 0 Å². The molecule has 2 heteroatoms. The summed E-state index contributed by atoms with van der Waals surface area (Å²) < 4.78 is 0. The SMILES string of the molecule is C(=C\c1ccc(-c2ccc(N(c3ccc(-c4ccccc4)cc3)c3cc4ccccc4c4ccccc34)cc2)cc1)/c1ccc(-c2ccc(N(c3ccccc3)c3ccccc3)cc2)cc1. The summed E-state index contributed by atoms with van der Waals surface area (Å²) in [6.45, 7) is 0.